The molecule has 0 radical (unpaired) electrons. The van der Waals surface area contributed by atoms with Gasteiger partial charge in [-0.25, -0.2) is 0 Å². The molecule has 2 aliphatic carbocycles. The van der Waals surface area contributed by atoms with Crippen LogP contribution >= 0.6 is 0 Å². The molecule has 1 spiro atoms. The van der Waals surface area contributed by atoms with E-state index in [9.17, 15) is 0 Å². The summed E-state index contributed by atoms with van der Waals surface area (Å²) in [5.74, 6) is 0.880. The molecule has 0 aromatic carbocycles. The van der Waals surface area contributed by atoms with Crippen LogP contribution in [0, 0.1) is 11.3 Å². The molecule has 0 amide bonds. The zero-order chi connectivity index (χ0) is 10.9. The molecule has 1 N–H and O–H groups in total. The summed E-state index contributed by atoms with van der Waals surface area (Å²) < 4.78 is 5.68. The Morgan fingerprint density at radius 3 is 2.87 bits per heavy atom. The highest BCUT2D eigenvalue weighted by molar-refractivity contribution is 5.09. The molecule has 2 saturated carbocycles. The van der Waals surface area contributed by atoms with E-state index in [-0.39, 0.29) is 0 Å². The third-order valence-corrected chi connectivity index (χ3v) is 4.34. The smallest absolute Gasteiger partial charge is 0.0630 e. The number of nitrogens with one attached hydrogen (secondary N) is 1. The third kappa shape index (κ3) is 2.21. The van der Waals surface area contributed by atoms with Crippen molar-refractivity contribution < 1.29 is 4.74 Å². The van der Waals surface area contributed by atoms with E-state index in [0.717, 1.165) is 5.92 Å². The van der Waals surface area contributed by atoms with Crippen LogP contribution in [0.5, 0.6) is 0 Å². The van der Waals surface area contributed by atoms with E-state index in [0.29, 0.717) is 17.6 Å². The van der Waals surface area contributed by atoms with Crippen LogP contribution in [0.1, 0.15) is 46.0 Å². The first-order valence-electron chi connectivity index (χ1n) is 6.45. The molecule has 2 fully saturated rings. The molecule has 88 valence electrons. The van der Waals surface area contributed by atoms with Crippen molar-refractivity contribution in [2.75, 3.05) is 13.7 Å². The molecule has 0 saturated heterocycles. The first-order chi connectivity index (χ1) is 7.19. The van der Waals surface area contributed by atoms with E-state index in [2.05, 4.69) is 19.2 Å². The molecular formula is C13H25NO. The summed E-state index contributed by atoms with van der Waals surface area (Å²) in [5.41, 5.74) is 0.564. The molecule has 0 bridgehead atoms. The van der Waals surface area contributed by atoms with Crippen LogP contribution in [0.3, 0.4) is 0 Å². The van der Waals surface area contributed by atoms with E-state index in [4.69, 9.17) is 4.74 Å². The molecule has 3 unspecified atom stereocenters. The van der Waals surface area contributed by atoms with Gasteiger partial charge in [0.15, 0.2) is 0 Å². The third-order valence-electron chi connectivity index (χ3n) is 4.34. The highest BCUT2D eigenvalue weighted by Crippen LogP contribution is 2.61. The minimum atomic E-state index is 0.546. The Kier molecular flexibility index (Phi) is 3.36. The van der Waals surface area contributed by atoms with Gasteiger partial charge in [-0.2, -0.15) is 0 Å². The number of hydrogen-bond donors (Lipinski definition) is 1. The first-order valence-corrected chi connectivity index (χ1v) is 6.45. The summed E-state index contributed by atoms with van der Waals surface area (Å²) in [6.45, 7) is 5.64. The van der Waals surface area contributed by atoms with Gasteiger partial charge < -0.3 is 10.1 Å². The van der Waals surface area contributed by atoms with Crippen molar-refractivity contribution in [2.24, 2.45) is 11.3 Å². The molecule has 0 heterocycles. The predicted octanol–water partition coefficient (Wildman–Crippen LogP) is 2.58. The summed E-state index contributed by atoms with van der Waals surface area (Å²) in [5, 5.41) is 3.57. The highest BCUT2D eigenvalue weighted by Gasteiger charge is 2.59. The van der Waals surface area contributed by atoms with E-state index in [1.165, 1.54) is 38.6 Å². The normalized spacial score (nSPS) is 40.0. The highest BCUT2D eigenvalue weighted by atomic mass is 16.5. The second-order valence-corrected chi connectivity index (χ2v) is 5.67. The van der Waals surface area contributed by atoms with Gasteiger partial charge in [0.05, 0.1) is 6.10 Å². The molecule has 0 aliphatic heterocycles. The van der Waals surface area contributed by atoms with Crippen molar-refractivity contribution in [3.8, 4) is 0 Å². The lowest BCUT2D eigenvalue weighted by molar-refractivity contribution is 0.00295. The van der Waals surface area contributed by atoms with Gasteiger partial charge in [-0.1, -0.05) is 26.7 Å². The van der Waals surface area contributed by atoms with Gasteiger partial charge in [-0.05, 0) is 31.7 Å². The Labute approximate surface area is 93.8 Å². The van der Waals surface area contributed by atoms with Crippen molar-refractivity contribution in [2.45, 2.75) is 58.1 Å². The van der Waals surface area contributed by atoms with Crippen molar-refractivity contribution in [3.05, 3.63) is 0 Å². The van der Waals surface area contributed by atoms with E-state index in [1.54, 1.807) is 0 Å². The summed E-state index contributed by atoms with van der Waals surface area (Å²) in [6, 6.07) is 0.618. The maximum atomic E-state index is 5.68. The number of rotatable bonds is 4. The Bertz CT molecular complexity index is 215. The Morgan fingerprint density at radius 1 is 1.40 bits per heavy atom. The SMILES string of the molecule is COC1CCCCC12CC2CNC(C)C. The topological polar surface area (TPSA) is 21.3 Å². The van der Waals surface area contributed by atoms with Crippen LogP contribution in [0.15, 0.2) is 0 Å². The predicted molar refractivity (Wildman–Crippen MR) is 62.9 cm³/mol. The molecule has 15 heavy (non-hydrogen) atoms. The van der Waals surface area contributed by atoms with Crippen LogP contribution in [0.2, 0.25) is 0 Å². The van der Waals surface area contributed by atoms with E-state index >= 15 is 0 Å². The van der Waals surface area contributed by atoms with Gasteiger partial charge in [0.2, 0.25) is 0 Å². The average molecular weight is 211 g/mol. The van der Waals surface area contributed by atoms with Crippen LogP contribution in [0.25, 0.3) is 0 Å². The number of hydrogen-bond acceptors (Lipinski definition) is 2. The van der Waals surface area contributed by atoms with Gasteiger partial charge >= 0.3 is 0 Å². The van der Waals surface area contributed by atoms with Gasteiger partial charge in [-0.15, -0.1) is 0 Å². The minimum Gasteiger partial charge on any atom is -0.381 e. The van der Waals surface area contributed by atoms with E-state index in [1.807, 2.05) is 7.11 Å². The molecule has 0 aromatic heterocycles. The summed E-state index contributed by atoms with van der Waals surface area (Å²) in [7, 11) is 1.89. The Hall–Kier alpha value is -0.0800. The molecule has 2 rings (SSSR count). The molecule has 0 aromatic rings. The Morgan fingerprint density at radius 2 is 2.20 bits per heavy atom. The van der Waals surface area contributed by atoms with Gasteiger partial charge in [0, 0.05) is 18.6 Å². The lowest BCUT2D eigenvalue weighted by Gasteiger charge is -2.32. The molecular weight excluding hydrogens is 186 g/mol. The molecule has 3 atom stereocenters. The van der Waals surface area contributed by atoms with Gasteiger partial charge in [-0.3, -0.25) is 0 Å². The Balaban J connectivity index is 1.86. The zero-order valence-electron chi connectivity index (χ0n) is 10.4. The van der Waals surface area contributed by atoms with Crippen molar-refractivity contribution in [1.82, 2.24) is 5.32 Å². The zero-order valence-corrected chi connectivity index (χ0v) is 10.4. The second kappa shape index (κ2) is 4.42. The van der Waals surface area contributed by atoms with Crippen LogP contribution < -0.4 is 5.32 Å². The molecule has 2 nitrogen and oxygen atoms in total. The second-order valence-electron chi connectivity index (χ2n) is 5.67. The largest absolute Gasteiger partial charge is 0.381 e. The van der Waals surface area contributed by atoms with Crippen molar-refractivity contribution in [1.29, 1.82) is 0 Å². The maximum absolute atomic E-state index is 5.68. The lowest BCUT2D eigenvalue weighted by Crippen LogP contribution is -2.33. The van der Waals surface area contributed by atoms with E-state index < -0.39 is 0 Å². The maximum Gasteiger partial charge on any atom is 0.0630 e. The quantitative estimate of drug-likeness (QED) is 0.771. The summed E-state index contributed by atoms with van der Waals surface area (Å²) >= 11 is 0. The van der Waals surface area contributed by atoms with Crippen LogP contribution in [0.4, 0.5) is 0 Å². The lowest BCUT2D eigenvalue weighted by atomic mass is 9.81. The van der Waals surface area contributed by atoms with Crippen LogP contribution in [-0.2, 0) is 4.74 Å². The average Bonchev–Trinajstić information content (AvgIpc) is 2.90. The first kappa shape index (κ1) is 11.4. The minimum absolute atomic E-state index is 0.546. The van der Waals surface area contributed by atoms with Crippen molar-refractivity contribution >= 4 is 0 Å². The van der Waals surface area contributed by atoms with Gasteiger partial charge in [0.1, 0.15) is 0 Å². The summed E-state index contributed by atoms with van der Waals surface area (Å²) in [6.07, 6.45) is 7.41. The summed E-state index contributed by atoms with van der Waals surface area (Å²) in [4.78, 5) is 0. The fourth-order valence-corrected chi connectivity index (χ4v) is 3.34. The number of ether oxygens (including phenoxy) is 1. The fourth-order valence-electron chi connectivity index (χ4n) is 3.34. The van der Waals surface area contributed by atoms with Crippen molar-refractivity contribution in [3.63, 3.8) is 0 Å². The molecule has 2 aliphatic rings. The van der Waals surface area contributed by atoms with Gasteiger partial charge in [0.25, 0.3) is 0 Å². The monoisotopic (exact) mass is 211 g/mol. The molecule has 2 heteroatoms. The van der Waals surface area contributed by atoms with Crippen LogP contribution in [-0.4, -0.2) is 25.8 Å². The number of methoxy groups -OCH3 is 1. The standard InChI is InChI=1S/C13H25NO/c1-10(2)14-9-11-8-13(11)7-5-4-6-12(13)15-3/h10-12,14H,4-9H2,1-3H3. The fraction of sp³-hybridized carbons (Fsp3) is 1.00.